The maximum Gasteiger partial charge on any atom is 0.176 e. The number of carbonyl (C=O) groups is 1. The van der Waals surface area contributed by atoms with Crippen LogP contribution in [0.3, 0.4) is 0 Å². The summed E-state index contributed by atoms with van der Waals surface area (Å²) in [5.41, 5.74) is 2.00. The molecule has 3 nitrogen and oxygen atoms in total. The van der Waals surface area contributed by atoms with E-state index in [4.69, 9.17) is 0 Å². The van der Waals surface area contributed by atoms with E-state index in [-0.39, 0.29) is 5.78 Å². The van der Waals surface area contributed by atoms with E-state index in [0.717, 1.165) is 30.1 Å². The number of likely N-dealkylation sites (tertiary alicyclic amines) is 1. The lowest BCUT2D eigenvalue weighted by molar-refractivity contribution is 0.0886. The summed E-state index contributed by atoms with van der Waals surface area (Å²) in [7, 11) is 4.27. The van der Waals surface area contributed by atoms with Crippen molar-refractivity contribution in [2.24, 2.45) is 5.92 Å². The third kappa shape index (κ3) is 4.43. The summed E-state index contributed by atoms with van der Waals surface area (Å²) in [6.45, 7) is 5.87. The highest BCUT2D eigenvalue weighted by Gasteiger charge is 2.21. The first kappa shape index (κ1) is 15.2. The van der Waals surface area contributed by atoms with Gasteiger partial charge in [-0.15, -0.1) is 0 Å². The fourth-order valence-electron chi connectivity index (χ4n) is 2.96. The van der Waals surface area contributed by atoms with E-state index in [9.17, 15) is 4.79 Å². The highest BCUT2D eigenvalue weighted by molar-refractivity contribution is 5.97. The summed E-state index contributed by atoms with van der Waals surface area (Å²) in [6.07, 6.45) is 2.42. The summed E-state index contributed by atoms with van der Waals surface area (Å²) >= 11 is 0. The molecule has 0 atom stereocenters. The van der Waals surface area contributed by atoms with Crippen molar-refractivity contribution in [3.63, 3.8) is 0 Å². The Kier molecular flexibility index (Phi) is 5.32. The van der Waals surface area contributed by atoms with Gasteiger partial charge in [0.05, 0.1) is 6.54 Å². The largest absolute Gasteiger partial charge is 0.309 e. The van der Waals surface area contributed by atoms with E-state index < -0.39 is 0 Å². The number of hydrogen-bond acceptors (Lipinski definition) is 3. The summed E-state index contributed by atoms with van der Waals surface area (Å²) in [4.78, 5) is 16.8. The van der Waals surface area contributed by atoms with Crippen LogP contribution >= 0.6 is 0 Å². The van der Waals surface area contributed by atoms with Crippen LogP contribution in [0.4, 0.5) is 0 Å². The zero-order chi connectivity index (χ0) is 14.5. The molecule has 0 saturated carbocycles. The summed E-state index contributed by atoms with van der Waals surface area (Å²) in [5, 5.41) is 0. The van der Waals surface area contributed by atoms with Gasteiger partial charge in [0.25, 0.3) is 0 Å². The van der Waals surface area contributed by atoms with Crippen LogP contribution in [0.1, 0.15) is 28.8 Å². The molecule has 0 unspecified atom stereocenters. The van der Waals surface area contributed by atoms with Crippen molar-refractivity contribution in [2.75, 3.05) is 40.3 Å². The minimum atomic E-state index is 0.250. The Morgan fingerprint density at radius 2 is 2.00 bits per heavy atom. The number of aryl methyl sites for hydroxylation is 1. The average Bonchev–Trinajstić information content (AvgIpc) is 2.40. The van der Waals surface area contributed by atoms with E-state index in [1.54, 1.807) is 0 Å². The van der Waals surface area contributed by atoms with Crippen LogP contribution in [-0.4, -0.2) is 55.9 Å². The quantitative estimate of drug-likeness (QED) is 0.771. The number of carbonyl (C=O) groups excluding carboxylic acids is 1. The van der Waals surface area contributed by atoms with E-state index in [1.165, 1.54) is 19.4 Å². The van der Waals surface area contributed by atoms with Gasteiger partial charge >= 0.3 is 0 Å². The molecule has 0 amide bonds. The average molecular weight is 274 g/mol. The van der Waals surface area contributed by atoms with Crippen molar-refractivity contribution in [1.29, 1.82) is 0 Å². The fourth-order valence-corrected chi connectivity index (χ4v) is 2.96. The SMILES string of the molecule is Cc1cccc(C(=O)CN2CCC(CN(C)C)CC2)c1. The number of hydrogen-bond donors (Lipinski definition) is 0. The van der Waals surface area contributed by atoms with Gasteiger partial charge < -0.3 is 4.90 Å². The molecule has 0 bridgehead atoms. The topological polar surface area (TPSA) is 23.6 Å². The number of ketones is 1. The third-order valence-electron chi connectivity index (χ3n) is 4.04. The van der Waals surface area contributed by atoms with Gasteiger partial charge in [0.15, 0.2) is 5.78 Å². The van der Waals surface area contributed by atoms with E-state index in [2.05, 4.69) is 23.9 Å². The monoisotopic (exact) mass is 274 g/mol. The van der Waals surface area contributed by atoms with Crippen molar-refractivity contribution >= 4 is 5.78 Å². The summed E-state index contributed by atoms with van der Waals surface area (Å²) in [6, 6.07) is 7.91. The molecule has 1 aliphatic heterocycles. The molecule has 0 spiro atoms. The van der Waals surface area contributed by atoms with Crippen molar-refractivity contribution in [2.45, 2.75) is 19.8 Å². The number of Topliss-reactive ketones (excluding diaryl/α,β-unsaturated/α-hetero) is 1. The fraction of sp³-hybridized carbons (Fsp3) is 0.588. The second-order valence-electron chi connectivity index (χ2n) is 6.27. The number of piperidine rings is 1. The Labute approximate surface area is 122 Å². The Morgan fingerprint density at radius 1 is 1.30 bits per heavy atom. The second-order valence-corrected chi connectivity index (χ2v) is 6.27. The number of benzene rings is 1. The first-order chi connectivity index (χ1) is 9.54. The Morgan fingerprint density at radius 3 is 2.60 bits per heavy atom. The highest BCUT2D eigenvalue weighted by atomic mass is 16.1. The third-order valence-corrected chi connectivity index (χ3v) is 4.04. The van der Waals surface area contributed by atoms with Crippen LogP contribution < -0.4 is 0 Å². The zero-order valence-electron chi connectivity index (χ0n) is 12.9. The van der Waals surface area contributed by atoms with Crippen molar-refractivity contribution in [3.8, 4) is 0 Å². The van der Waals surface area contributed by atoms with Gasteiger partial charge in [0, 0.05) is 12.1 Å². The predicted octanol–water partition coefficient (Wildman–Crippen LogP) is 2.45. The molecule has 110 valence electrons. The molecular formula is C17H26N2O. The highest BCUT2D eigenvalue weighted by Crippen LogP contribution is 2.18. The maximum absolute atomic E-state index is 12.3. The van der Waals surface area contributed by atoms with Gasteiger partial charge in [-0.2, -0.15) is 0 Å². The molecule has 1 aromatic carbocycles. The molecular weight excluding hydrogens is 248 g/mol. The van der Waals surface area contributed by atoms with Gasteiger partial charge in [-0.3, -0.25) is 9.69 Å². The smallest absolute Gasteiger partial charge is 0.176 e. The van der Waals surface area contributed by atoms with Gasteiger partial charge in [0.2, 0.25) is 0 Å². The van der Waals surface area contributed by atoms with Crippen LogP contribution in [0, 0.1) is 12.8 Å². The lowest BCUT2D eigenvalue weighted by atomic mass is 9.96. The van der Waals surface area contributed by atoms with E-state index in [1.807, 2.05) is 31.2 Å². The normalized spacial score (nSPS) is 17.6. The molecule has 1 heterocycles. The summed E-state index contributed by atoms with van der Waals surface area (Å²) < 4.78 is 0. The lowest BCUT2D eigenvalue weighted by Crippen LogP contribution is -2.39. The molecule has 0 radical (unpaired) electrons. The number of rotatable bonds is 5. The minimum absolute atomic E-state index is 0.250. The van der Waals surface area contributed by atoms with Crippen LogP contribution in [0.15, 0.2) is 24.3 Å². The standard InChI is InChI=1S/C17H26N2O/c1-14-5-4-6-16(11-14)17(20)13-19-9-7-15(8-10-19)12-18(2)3/h4-6,11,15H,7-10,12-13H2,1-3H3. The molecule has 20 heavy (non-hydrogen) atoms. The van der Waals surface area contributed by atoms with Crippen LogP contribution in [0.25, 0.3) is 0 Å². The molecule has 1 saturated heterocycles. The van der Waals surface area contributed by atoms with Gasteiger partial charge in [-0.1, -0.05) is 23.8 Å². The summed E-state index contributed by atoms with van der Waals surface area (Å²) in [5.74, 6) is 1.04. The predicted molar refractivity (Wildman–Crippen MR) is 83.2 cm³/mol. The Bertz CT molecular complexity index is 448. The Hall–Kier alpha value is -1.19. The minimum Gasteiger partial charge on any atom is -0.309 e. The van der Waals surface area contributed by atoms with Crippen LogP contribution in [-0.2, 0) is 0 Å². The molecule has 1 fully saturated rings. The molecule has 3 heteroatoms. The van der Waals surface area contributed by atoms with Gasteiger partial charge in [-0.25, -0.2) is 0 Å². The van der Waals surface area contributed by atoms with Crippen molar-refractivity contribution in [1.82, 2.24) is 9.80 Å². The van der Waals surface area contributed by atoms with Crippen LogP contribution in [0.2, 0.25) is 0 Å². The van der Waals surface area contributed by atoms with Crippen molar-refractivity contribution in [3.05, 3.63) is 35.4 Å². The maximum atomic E-state index is 12.3. The molecule has 0 aromatic heterocycles. The molecule has 2 rings (SSSR count). The second kappa shape index (κ2) is 7.00. The molecule has 0 aliphatic carbocycles. The lowest BCUT2D eigenvalue weighted by Gasteiger charge is -2.32. The van der Waals surface area contributed by atoms with Gasteiger partial charge in [-0.05, 0) is 58.9 Å². The Balaban J connectivity index is 1.82. The first-order valence-corrected chi connectivity index (χ1v) is 7.51. The molecule has 0 N–H and O–H groups in total. The first-order valence-electron chi connectivity index (χ1n) is 7.51. The van der Waals surface area contributed by atoms with Crippen LogP contribution in [0.5, 0.6) is 0 Å². The molecule has 1 aromatic rings. The molecule has 1 aliphatic rings. The number of nitrogens with zero attached hydrogens (tertiary/aromatic N) is 2. The van der Waals surface area contributed by atoms with E-state index >= 15 is 0 Å². The van der Waals surface area contributed by atoms with Crippen molar-refractivity contribution < 1.29 is 4.79 Å². The zero-order valence-corrected chi connectivity index (χ0v) is 12.9. The van der Waals surface area contributed by atoms with Gasteiger partial charge in [0.1, 0.15) is 0 Å². The van der Waals surface area contributed by atoms with E-state index in [0.29, 0.717) is 6.54 Å².